The quantitative estimate of drug-likeness (QED) is 0.889. The van der Waals surface area contributed by atoms with Gasteiger partial charge in [0.2, 0.25) is 0 Å². The molecule has 0 amide bonds. The standard InChI is InChI=1S/C18H25N3O2/c1-13(2)21-12-15(5-8-20-9-6-19-7-10-20)16-4-3-14(18(22)23)11-17(16)21/h3-4,11-13,19H,5-10H2,1-2H3,(H,22,23). The molecule has 1 aromatic heterocycles. The molecule has 1 saturated heterocycles. The van der Waals surface area contributed by atoms with E-state index in [0.29, 0.717) is 11.6 Å². The van der Waals surface area contributed by atoms with Gasteiger partial charge in [-0.2, -0.15) is 0 Å². The second-order valence-corrected chi connectivity index (χ2v) is 6.53. The van der Waals surface area contributed by atoms with Crippen LogP contribution in [0.5, 0.6) is 0 Å². The lowest BCUT2D eigenvalue weighted by molar-refractivity contribution is 0.0697. The monoisotopic (exact) mass is 315 g/mol. The van der Waals surface area contributed by atoms with E-state index in [1.54, 1.807) is 12.1 Å². The number of carboxylic acids is 1. The number of carboxylic acid groups (broad SMARTS) is 1. The fraction of sp³-hybridized carbons (Fsp3) is 0.500. The second-order valence-electron chi connectivity index (χ2n) is 6.53. The number of nitrogens with zero attached hydrogens (tertiary/aromatic N) is 2. The fourth-order valence-corrected chi connectivity index (χ4v) is 3.30. The van der Waals surface area contributed by atoms with Crippen LogP contribution in [-0.4, -0.2) is 53.3 Å². The lowest BCUT2D eigenvalue weighted by Gasteiger charge is -2.26. The Kier molecular flexibility index (Phi) is 4.68. The number of rotatable bonds is 5. The molecule has 124 valence electrons. The number of aromatic nitrogens is 1. The third-order valence-corrected chi connectivity index (χ3v) is 4.63. The molecule has 5 heteroatoms. The van der Waals surface area contributed by atoms with Gasteiger partial charge in [0.15, 0.2) is 0 Å². The SMILES string of the molecule is CC(C)n1cc(CCN2CCNCC2)c2ccc(C(=O)O)cc21. The van der Waals surface area contributed by atoms with Crippen molar-refractivity contribution in [2.45, 2.75) is 26.3 Å². The molecule has 0 bridgehead atoms. The number of benzene rings is 1. The average molecular weight is 315 g/mol. The lowest BCUT2D eigenvalue weighted by Crippen LogP contribution is -2.44. The Morgan fingerprint density at radius 2 is 2.04 bits per heavy atom. The number of carbonyl (C=O) groups is 1. The number of nitrogens with one attached hydrogen (secondary N) is 1. The van der Waals surface area contributed by atoms with E-state index >= 15 is 0 Å². The highest BCUT2D eigenvalue weighted by atomic mass is 16.4. The van der Waals surface area contributed by atoms with E-state index < -0.39 is 5.97 Å². The van der Waals surface area contributed by atoms with Gasteiger partial charge in [-0.1, -0.05) is 6.07 Å². The van der Waals surface area contributed by atoms with E-state index in [0.717, 1.165) is 44.7 Å². The van der Waals surface area contributed by atoms with Gasteiger partial charge in [-0.3, -0.25) is 0 Å². The van der Waals surface area contributed by atoms with Crippen molar-refractivity contribution in [2.24, 2.45) is 0 Å². The van der Waals surface area contributed by atoms with Gasteiger partial charge in [0, 0.05) is 55.9 Å². The number of hydrogen-bond acceptors (Lipinski definition) is 3. The highest BCUT2D eigenvalue weighted by Gasteiger charge is 2.15. The fourth-order valence-electron chi connectivity index (χ4n) is 3.30. The molecule has 0 saturated carbocycles. The predicted octanol–water partition coefficient (Wildman–Crippen LogP) is 2.37. The molecule has 0 atom stereocenters. The van der Waals surface area contributed by atoms with Crippen molar-refractivity contribution in [1.82, 2.24) is 14.8 Å². The molecule has 2 heterocycles. The smallest absolute Gasteiger partial charge is 0.335 e. The number of aromatic carboxylic acids is 1. The molecule has 5 nitrogen and oxygen atoms in total. The third kappa shape index (κ3) is 3.41. The maximum atomic E-state index is 11.2. The van der Waals surface area contributed by atoms with Crippen LogP contribution in [0.3, 0.4) is 0 Å². The molecule has 0 unspecified atom stereocenters. The summed E-state index contributed by atoms with van der Waals surface area (Å²) in [5.74, 6) is -0.870. The first-order chi connectivity index (χ1) is 11.1. The van der Waals surface area contributed by atoms with E-state index in [9.17, 15) is 9.90 Å². The second kappa shape index (κ2) is 6.72. The Labute approximate surface area is 136 Å². The van der Waals surface area contributed by atoms with E-state index in [2.05, 4.69) is 34.8 Å². The van der Waals surface area contributed by atoms with Gasteiger partial charge in [-0.05, 0) is 38.0 Å². The van der Waals surface area contributed by atoms with Crippen LogP contribution < -0.4 is 5.32 Å². The van der Waals surface area contributed by atoms with Crippen molar-refractivity contribution < 1.29 is 9.90 Å². The first-order valence-corrected chi connectivity index (χ1v) is 8.36. The Morgan fingerprint density at radius 1 is 1.30 bits per heavy atom. The average Bonchev–Trinajstić information content (AvgIpc) is 2.92. The summed E-state index contributed by atoms with van der Waals surface area (Å²) in [6, 6.07) is 5.79. The highest BCUT2D eigenvalue weighted by molar-refractivity contribution is 5.94. The lowest BCUT2D eigenvalue weighted by atomic mass is 10.1. The molecule has 0 spiro atoms. The summed E-state index contributed by atoms with van der Waals surface area (Å²) in [7, 11) is 0. The van der Waals surface area contributed by atoms with E-state index in [1.807, 2.05) is 6.07 Å². The summed E-state index contributed by atoms with van der Waals surface area (Å²) in [5.41, 5.74) is 2.69. The van der Waals surface area contributed by atoms with Crippen LogP contribution in [0.15, 0.2) is 24.4 Å². The minimum Gasteiger partial charge on any atom is -0.478 e. The largest absolute Gasteiger partial charge is 0.478 e. The van der Waals surface area contributed by atoms with Crippen molar-refractivity contribution in [1.29, 1.82) is 0 Å². The molecule has 0 radical (unpaired) electrons. The van der Waals surface area contributed by atoms with Crippen LogP contribution >= 0.6 is 0 Å². The van der Waals surface area contributed by atoms with Crippen LogP contribution in [0.1, 0.15) is 35.8 Å². The molecular formula is C18H25N3O2. The molecule has 1 fully saturated rings. The molecule has 1 aliphatic heterocycles. The summed E-state index contributed by atoms with van der Waals surface area (Å²) in [4.78, 5) is 13.7. The minimum atomic E-state index is -0.870. The van der Waals surface area contributed by atoms with Crippen molar-refractivity contribution in [3.8, 4) is 0 Å². The Morgan fingerprint density at radius 3 is 2.70 bits per heavy atom. The van der Waals surface area contributed by atoms with Crippen molar-refractivity contribution in [2.75, 3.05) is 32.7 Å². The first kappa shape index (κ1) is 16.0. The molecule has 2 N–H and O–H groups in total. The van der Waals surface area contributed by atoms with E-state index in [4.69, 9.17) is 0 Å². The molecule has 3 rings (SSSR count). The summed E-state index contributed by atoms with van der Waals surface area (Å²) in [6.07, 6.45) is 3.20. The van der Waals surface area contributed by atoms with Crippen molar-refractivity contribution in [3.63, 3.8) is 0 Å². The Bertz CT molecular complexity index is 700. The van der Waals surface area contributed by atoms with Crippen LogP contribution in [-0.2, 0) is 6.42 Å². The van der Waals surface area contributed by atoms with Gasteiger partial charge in [0.1, 0.15) is 0 Å². The van der Waals surface area contributed by atoms with Gasteiger partial charge < -0.3 is 19.9 Å². The van der Waals surface area contributed by atoms with Crippen LogP contribution in [0.4, 0.5) is 0 Å². The zero-order chi connectivity index (χ0) is 16.4. The van der Waals surface area contributed by atoms with Gasteiger partial charge >= 0.3 is 5.97 Å². The number of hydrogen-bond donors (Lipinski definition) is 2. The number of fused-ring (bicyclic) bond motifs is 1. The zero-order valence-corrected chi connectivity index (χ0v) is 13.9. The molecule has 1 aromatic carbocycles. The van der Waals surface area contributed by atoms with Gasteiger partial charge in [-0.15, -0.1) is 0 Å². The van der Waals surface area contributed by atoms with Gasteiger partial charge in [-0.25, -0.2) is 4.79 Å². The summed E-state index contributed by atoms with van der Waals surface area (Å²) < 4.78 is 2.19. The molecule has 1 aliphatic rings. The summed E-state index contributed by atoms with van der Waals surface area (Å²) in [5, 5.41) is 13.8. The van der Waals surface area contributed by atoms with Crippen LogP contribution in [0.25, 0.3) is 10.9 Å². The van der Waals surface area contributed by atoms with Gasteiger partial charge in [0.25, 0.3) is 0 Å². The molecular weight excluding hydrogens is 290 g/mol. The minimum absolute atomic E-state index is 0.314. The summed E-state index contributed by atoms with van der Waals surface area (Å²) >= 11 is 0. The predicted molar refractivity (Wildman–Crippen MR) is 92.3 cm³/mol. The highest BCUT2D eigenvalue weighted by Crippen LogP contribution is 2.26. The molecule has 0 aliphatic carbocycles. The normalized spacial score (nSPS) is 16.3. The molecule has 2 aromatic rings. The van der Waals surface area contributed by atoms with E-state index in [-0.39, 0.29) is 0 Å². The third-order valence-electron chi connectivity index (χ3n) is 4.63. The zero-order valence-electron chi connectivity index (χ0n) is 13.9. The summed E-state index contributed by atoms with van der Waals surface area (Å²) in [6.45, 7) is 9.66. The first-order valence-electron chi connectivity index (χ1n) is 8.36. The van der Waals surface area contributed by atoms with E-state index in [1.165, 1.54) is 10.9 Å². The Hall–Kier alpha value is -1.85. The topological polar surface area (TPSA) is 57.5 Å². The maximum Gasteiger partial charge on any atom is 0.335 e. The Balaban J connectivity index is 1.88. The van der Waals surface area contributed by atoms with Crippen LogP contribution in [0.2, 0.25) is 0 Å². The van der Waals surface area contributed by atoms with Crippen molar-refractivity contribution >= 4 is 16.9 Å². The van der Waals surface area contributed by atoms with Gasteiger partial charge in [0.05, 0.1) is 5.56 Å². The van der Waals surface area contributed by atoms with Crippen molar-refractivity contribution in [3.05, 3.63) is 35.5 Å². The van der Waals surface area contributed by atoms with Crippen LogP contribution in [0, 0.1) is 0 Å². The maximum absolute atomic E-state index is 11.2. The number of piperazine rings is 1. The molecule has 23 heavy (non-hydrogen) atoms.